The Labute approximate surface area is 178 Å². The number of hydrogen-bond donors (Lipinski definition) is 3. The van der Waals surface area contributed by atoms with Gasteiger partial charge in [0.2, 0.25) is 5.91 Å². The van der Waals surface area contributed by atoms with Crippen LogP contribution in [0.4, 0.5) is 5.69 Å². The molecule has 3 aromatic rings. The lowest BCUT2D eigenvalue weighted by Crippen LogP contribution is -2.43. The fourth-order valence-electron chi connectivity index (χ4n) is 2.54. The smallest absolute Gasteiger partial charge is 0.309 e. The molecule has 0 atom stereocenters. The average Bonchev–Trinajstić information content (AvgIpc) is 3.27. The summed E-state index contributed by atoms with van der Waals surface area (Å²) in [6.07, 6.45) is 0.648. The number of para-hydroxylation sites is 3. The zero-order chi connectivity index (χ0) is 21.2. The van der Waals surface area contributed by atoms with E-state index in [0.717, 1.165) is 4.88 Å². The minimum absolute atomic E-state index is 0.336. The molecule has 0 spiro atoms. The van der Waals surface area contributed by atoms with Crippen molar-refractivity contribution < 1.29 is 19.1 Å². The van der Waals surface area contributed by atoms with Crippen LogP contribution in [0.5, 0.6) is 11.5 Å². The summed E-state index contributed by atoms with van der Waals surface area (Å²) in [6.45, 7) is 0.0139. The van der Waals surface area contributed by atoms with E-state index in [1.807, 2.05) is 35.7 Å². The number of thiophene rings is 1. The molecule has 154 valence electrons. The summed E-state index contributed by atoms with van der Waals surface area (Å²) in [6, 6.07) is 20.0. The van der Waals surface area contributed by atoms with E-state index in [9.17, 15) is 14.4 Å². The number of nitrogens with one attached hydrogen (secondary N) is 3. The van der Waals surface area contributed by atoms with Gasteiger partial charge in [0.25, 0.3) is 0 Å². The lowest BCUT2D eigenvalue weighted by atomic mass is 10.3. The van der Waals surface area contributed by atoms with Crippen LogP contribution in [0.1, 0.15) is 4.88 Å². The zero-order valence-electron chi connectivity index (χ0n) is 16.1. The van der Waals surface area contributed by atoms with Crippen molar-refractivity contribution in [1.82, 2.24) is 10.6 Å². The van der Waals surface area contributed by atoms with E-state index >= 15 is 0 Å². The average molecular weight is 423 g/mol. The van der Waals surface area contributed by atoms with Gasteiger partial charge in [-0.15, -0.1) is 11.3 Å². The van der Waals surface area contributed by atoms with Crippen molar-refractivity contribution in [3.8, 4) is 11.5 Å². The van der Waals surface area contributed by atoms with E-state index in [-0.39, 0.29) is 6.54 Å². The third-order valence-corrected chi connectivity index (χ3v) is 4.92. The predicted molar refractivity (Wildman–Crippen MR) is 116 cm³/mol. The van der Waals surface area contributed by atoms with Crippen molar-refractivity contribution in [2.24, 2.45) is 0 Å². The van der Waals surface area contributed by atoms with E-state index in [2.05, 4.69) is 16.0 Å². The molecule has 0 aliphatic carbocycles. The maximum Gasteiger partial charge on any atom is 0.309 e. The third kappa shape index (κ3) is 6.46. The van der Waals surface area contributed by atoms with Crippen molar-refractivity contribution in [2.45, 2.75) is 6.42 Å². The van der Waals surface area contributed by atoms with Crippen LogP contribution in [0.15, 0.2) is 72.1 Å². The van der Waals surface area contributed by atoms with Gasteiger partial charge in [-0.05, 0) is 42.1 Å². The van der Waals surface area contributed by atoms with E-state index in [1.165, 1.54) is 0 Å². The number of carbonyl (C=O) groups excluding carboxylic acids is 3. The van der Waals surface area contributed by atoms with Crippen molar-refractivity contribution in [1.29, 1.82) is 0 Å². The molecule has 7 nitrogen and oxygen atoms in total. The van der Waals surface area contributed by atoms with Gasteiger partial charge in [-0.25, -0.2) is 0 Å². The monoisotopic (exact) mass is 423 g/mol. The number of benzene rings is 2. The van der Waals surface area contributed by atoms with Crippen LogP contribution in [0.3, 0.4) is 0 Å². The predicted octanol–water partition coefficient (Wildman–Crippen LogP) is 2.95. The standard InChI is InChI=1S/C22H21N3O4S/c26-20(15-24-22(28)21(27)23-13-12-17-9-6-14-30-17)25-18-10-4-5-11-19(18)29-16-7-2-1-3-8-16/h1-11,14H,12-13,15H2,(H,23,27)(H,24,28)(H,25,26). The molecular formula is C22H21N3O4S. The summed E-state index contributed by atoms with van der Waals surface area (Å²) in [5, 5.41) is 9.48. The molecule has 0 saturated carbocycles. The van der Waals surface area contributed by atoms with Gasteiger partial charge in [0.05, 0.1) is 12.2 Å². The molecule has 30 heavy (non-hydrogen) atoms. The minimum atomic E-state index is -0.856. The van der Waals surface area contributed by atoms with Gasteiger partial charge in [-0.3, -0.25) is 14.4 Å². The Morgan fingerprint density at radius 3 is 2.33 bits per heavy atom. The van der Waals surface area contributed by atoms with Crippen LogP contribution in [-0.4, -0.2) is 30.8 Å². The van der Waals surface area contributed by atoms with Crippen LogP contribution in [0, 0.1) is 0 Å². The molecule has 1 heterocycles. The van der Waals surface area contributed by atoms with Crippen LogP contribution in [0.2, 0.25) is 0 Å². The topological polar surface area (TPSA) is 96.5 Å². The number of rotatable bonds is 8. The molecule has 3 N–H and O–H groups in total. The van der Waals surface area contributed by atoms with Crippen molar-refractivity contribution >= 4 is 34.7 Å². The highest BCUT2D eigenvalue weighted by Crippen LogP contribution is 2.28. The molecule has 3 rings (SSSR count). The van der Waals surface area contributed by atoms with Gasteiger partial charge in [-0.2, -0.15) is 0 Å². The number of hydrogen-bond acceptors (Lipinski definition) is 5. The fraction of sp³-hybridized carbons (Fsp3) is 0.136. The Bertz CT molecular complexity index is 991. The van der Waals surface area contributed by atoms with Crippen LogP contribution >= 0.6 is 11.3 Å². The van der Waals surface area contributed by atoms with Gasteiger partial charge >= 0.3 is 11.8 Å². The summed E-state index contributed by atoms with van der Waals surface area (Å²) in [5.41, 5.74) is 0.459. The second-order valence-corrected chi connectivity index (χ2v) is 7.26. The lowest BCUT2D eigenvalue weighted by Gasteiger charge is -2.12. The summed E-state index contributed by atoms with van der Waals surface area (Å²) in [4.78, 5) is 37.0. The molecule has 0 bridgehead atoms. The molecular weight excluding hydrogens is 402 g/mol. The molecule has 8 heteroatoms. The molecule has 0 saturated heterocycles. The quantitative estimate of drug-likeness (QED) is 0.486. The second-order valence-electron chi connectivity index (χ2n) is 6.23. The van der Waals surface area contributed by atoms with Crippen LogP contribution in [0.25, 0.3) is 0 Å². The van der Waals surface area contributed by atoms with Gasteiger partial charge in [-0.1, -0.05) is 36.4 Å². The van der Waals surface area contributed by atoms with Crippen molar-refractivity contribution in [2.75, 3.05) is 18.4 Å². The Hall–Kier alpha value is -3.65. The maximum atomic E-state index is 12.2. The van der Waals surface area contributed by atoms with Gasteiger partial charge in [0, 0.05) is 11.4 Å². The van der Waals surface area contributed by atoms with Gasteiger partial charge in [0.15, 0.2) is 5.75 Å². The normalized spacial score (nSPS) is 10.1. The SMILES string of the molecule is O=C(CNC(=O)C(=O)NCCc1cccs1)Nc1ccccc1Oc1ccccc1. The van der Waals surface area contributed by atoms with E-state index < -0.39 is 17.7 Å². The van der Waals surface area contributed by atoms with Gasteiger partial charge in [0.1, 0.15) is 5.75 Å². The van der Waals surface area contributed by atoms with Crippen LogP contribution < -0.4 is 20.7 Å². The first-order valence-corrected chi connectivity index (χ1v) is 10.2. The second kappa shape index (κ2) is 10.8. The number of carbonyl (C=O) groups is 3. The minimum Gasteiger partial charge on any atom is -0.455 e. The molecule has 0 aliphatic rings. The number of anilines is 1. The Morgan fingerprint density at radius 2 is 1.57 bits per heavy atom. The van der Waals surface area contributed by atoms with Crippen molar-refractivity contribution in [3.63, 3.8) is 0 Å². The third-order valence-electron chi connectivity index (χ3n) is 3.98. The lowest BCUT2D eigenvalue weighted by molar-refractivity contribution is -0.139. The van der Waals surface area contributed by atoms with E-state index in [0.29, 0.717) is 30.2 Å². The summed E-state index contributed by atoms with van der Waals surface area (Å²) in [7, 11) is 0. The first-order valence-electron chi connectivity index (χ1n) is 9.32. The fourth-order valence-corrected chi connectivity index (χ4v) is 3.25. The zero-order valence-corrected chi connectivity index (χ0v) is 16.9. The highest BCUT2D eigenvalue weighted by molar-refractivity contribution is 7.09. The van der Waals surface area contributed by atoms with E-state index in [4.69, 9.17) is 4.74 Å². The molecule has 2 aromatic carbocycles. The Balaban J connectivity index is 1.45. The molecule has 1 aromatic heterocycles. The molecule has 0 unspecified atom stereocenters. The molecule has 0 radical (unpaired) electrons. The first kappa shape index (κ1) is 21.1. The van der Waals surface area contributed by atoms with Crippen LogP contribution in [-0.2, 0) is 20.8 Å². The molecule has 0 fully saturated rings. The highest BCUT2D eigenvalue weighted by atomic mass is 32.1. The summed E-state index contributed by atoms with van der Waals surface area (Å²) in [5.74, 6) is -1.00. The largest absolute Gasteiger partial charge is 0.455 e. The van der Waals surface area contributed by atoms with E-state index in [1.54, 1.807) is 47.7 Å². The van der Waals surface area contributed by atoms with Gasteiger partial charge < -0.3 is 20.7 Å². The first-order chi connectivity index (χ1) is 14.6. The highest BCUT2D eigenvalue weighted by Gasteiger charge is 2.15. The molecule has 0 aliphatic heterocycles. The number of amides is 3. The molecule has 3 amide bonds. The Morgan fingerprint density at radius 1 is 0.833 bits per heavy atom. The Kier molecular flexibility index (Phi) is 7.57. The summed E-state index contributed by atoms with van der Waals surface area (Å²) < 4.78 is 5.78. The van der Waals surface area contributed by atoms with Crippen molar-refractivity contribution in [3.05, 3.63) is 77.0 Å². The number of ether oxygens (including phenoxy) is 1. The maximum absolute atomic E-state index is 12.2. The summed E-state index contributed by atoms with van der Waals surface area (Å²) >= 11 is 1.58.